The largest absolute Gasteiger partial charge is 0.324 e. The van der Waals surface area contributed by atoms with E-state index in [4.69, 9.17) is 5.73 Å². The van der Waals surface area contributed by atoms with Crippen LogP contribution >= 0.6 is 0 Å². The number of carbonyl (C=O) groups is 4. The molecule has 0 aromatic heterocycles. The van der Waals surface area contributed by atoms with Crippen LogP contribution in [-0.2, 0) is 16.1 Å². The van der Waals surface area contributed by atoms with Crippen LogP contribution in [0.2, 0.25) is 0 Å². The van der Waals surface area contributed by atoms with Crippen molar-refractivity contribution in [1.29, 1.82) is 0 Å². The van der Waals surface area contributed by atoms with Crippen LogP contribution in [0.15, 0.2) is 18.2 Å². The Labute approximate surface area is 168 Å². The molecule has 4 N–H and O–H groups in total. The molecule has 29 heavy (non-hydrogen) atoms. The maximum Gasteiger partial charge on any atom is 0.262 e. The van der Waals surface area contributed by atoms with Crippen molar-refractivity contribution < 1.29 is 19.2 Å². The molecule has 3 fully saturated rings. The summed E-state index contributed by atoms with van der Waals surface area (Å²) in [6.45, 7) is 0.573. The fraction of sp³-hybridized carbons (Fsp3) is 0.524. The summed E-state index contributed by atoms with van der Waals surface area (Å²) in [4.78, 5) is 50.2. The second-order valence-electron chi connectivity index (χ2n) is 8.84. The molecule has 2 aliphatic carbocycles. The third-order valence-electron chi connectivity index (χ3n) is 7.01. The van der Waals surface area contributed by atoms with Crippen LogP contribution in [0.5, 0.6) is 0 Å². The van der Waals surface area contributed by atoms with E-state index >= 15 is 0 Å². The summed E-state index contributed by atoms with van der Waals surface area (Å²) < 4.78 is 0. The zero-order valence-electron chi connectivity index (χ0n) is 16.1. The Morgan fingerprint density at radius 2 is 1.93 bits per heavy atom. The Bertz CT molecular complexity index is 945. The van der Waals surface area contributed by atoms with Gasteiger partial charge in [-0.05, 0) is 55.7 Å². The molecule has 4 amide bonds. The number of rotatable bonds is 4. The smallest absolute Gasteiger partial charge is 0.262 e. The lowest BCUT2D eigenvalue weighted by Gasteiger charge is -2.32. The number of piperidine rings is 1. The quantitative estimate of drug-likeness (QED) is 0.635. The van der Waals surface area contributed by atoms with Crippen molar-refractivity contribution in [2.75, 3.05) is 0 Å². The zero-order chi connectivity index (χ0) is 20.3. The van der Waals surface area contributed by atoms with Gasteiger partial charge in [-0.15, -0.1) is 0 Å². The number of carbonyl (C=O) groups excluding carboxylic acids is 4. The minimum absolute atomic E-state index is 0.113. The van der Waals surface area contributed by atoms with Crippen LogP contribution in [-0.4, -0.2) is 46.2 Å². The maximum absolute atomic E-state index is 12.9. The summed E-state index contributed by atoms with van der Waals surface area (Å²) >= 11 is 0. The van der Waals surface area contributed by atoms with Gasteiger partial charge in [0.05, 0.1) is 11.1 Å². The summed E-state index contributed by atoms with van der Waals surface area (Å²) in [5, 5.41) is 5.75. The third-order valence-corrected chi connectivity index (χ3v) is 7.01. The van der Waals surface area contributed by atoms with E-state index in [0.717, 1.165) is 29.7 Å². The Hall–Kier alpha value is -2.58. The Kier molecular flexibility index (Phi) is 4.11. The first kappa shape index (κ1) is 18.4. The number of fused-ring (bicyclic) bond motifs is 3. The molecule has 1 aromatic carbocycles. The fourth-order valence-corrected chi connectivity index (χ4v) is 5.46. The Morgan fingerprint density at radius 3 is 2.62 bits per heavy atom. The van der Waals surface area contributed by atoms with Gasteiger partial charge in [0.2, 0.25) is 11.8 Å². The highest BCUT2D eigenvalue weighted by atomic mass is 16.2. The fourth-order valence-electron chi connectivity index (χ4n) is 5.46. The van der Waals surface area contributed by atoms with Crippen LogP contribution in [0.4, 0.5) is 0 Å². The second kappa shape index (κ2) is 6.47. The van der Waals surface area contributed by atoms with E-state index in [2.05, 4.69) is 10.6 Å². The van der Waals surface area contributed by atoms with E-state index in [1.54, 1.807) is 12.1 Å². The topological polar surface area (TPSA) is 122 Å². The first-order valence-corrected chi connectivity index (χ1v) is 10.2. The molecule has 2 heterocycles. The van der Waals surface area contributed by atoms with Gasteiger partial charge in [0.1, 0.15) is 6.04 Å². The maximum atomic E-state index is 12.9. The van der Waals surface area contributed by atoms with Gasteiger partial charge in [0, 0.05) is 24.5 Å². The number of amides is 4. The van der Waals surface area contributed by atoms with Gasteiger partial charge in [0.15, 0.2) is 0 Å². The minimum Gasteiger partial charge on any atom is -0.324 e. The van der Waals surface area contributed by atoms with Crippen molar-refractivity contribution >= 4 is 23.6 Å². The van der Waals surface area contributed by atoms with Gasteiger partial charge in [-0.3, -0.25) is 29.4 Å². The van der Waals surface area contributed by atoms with E-state index in [0.29, 0.717) is 23.6 Å². The number of hydrogen-bond acceptors (Lipinski definition) is 6. The molecule has 2 aliphatic heterocycles. The number of nitrogens with zero attached hydrogens (tertiary/aromatic N) is 1. The minimum atomic E-state index is -0.937. The average Bonchev–Trinajstić information content (AvgIpc) is 3.30. The molecule has 8 nitrogen and oxygen atoms in total. The summed E-state index contributed by atoms with van der Waals surface area (Å²) in [5.41, 5.74) is 7.93. The van der Waals surface area contributed by atoms with Crippen molar-refractivity contribution in [2.24, 2.45) is 11.7 Å². The van der Waals surface area contributed by atoms with Crippen LogP contribution < -0.4 is 16.4 Å². The average molecular weight is 396 g/mol. The monoisotopic (exact) mass is 396 g/mol. The standard InChI is InChI=1S/C21H24N4O4/c22-21-6-5-11(9-21)8-16(21)23-10-12-1-2-13-14(7-12)20(29)25(19(13)28)15-3-4-17(26)24-18(15)27/h1-2,7,11,15-16,23H,3-6,8-10,22H2,(H,24,26,27). The van der Waals surface area contributed by atoms with E-state index in [-0.39, 0.29) is 30.3 Å². The first-order chi connectivity index (χ1) is 13.9. The van der Waals surface area contributed by atoms with Gasteiger partial charge < -0.3 is 11.1 Å². The molecule has 0 spiro atoms. The van der Waals surface area contributed by atoms with Gasteiger partial charge >= 0.3 is 0 Å². The molecule has 1 saturated heterocycles. The molecule has 8 heteroatoms. The summed E-state index contributed by atoms with van der Waals surface area (Å²) in [7, 11) is 0. The molecular weight excluding hydrogens is 372 g/mol. The Morgan fingerprint density at radius 1 is 1.14 bits per heavy atom. The normalized spacial score (nSPS) is 33.4. The predicted octanol–water partition coefficient (Wildman–Crippen LogP) is 0.447. The summed E-state index contributed by atoms with van der Waals surface area (Å²) in [6.07, 6.45) is 4.69. The predicted molar refractivity (Wildman–Crippen MR) is 103 cm³/mol. The summed E-state index contributed by atoms with van der Waals surface area (Å²) in [5.74, 6) is -1.22. The van der Waals surface area contributed by atoms with Gasteiger partial charge in [-0.1, -0.05) is 6.07 Å². The van der Waals surface area contributed by atoms with E-state index in [1.807, 2.05) is 6.07 Å². The van der Waals surface area contributed by atoms with Crippen molar-refractivity contribution in [3.63, 3.8) is 0 Å². The molecular formula is C21H24N4O4. The molecule has 2 saturated carbocycles. The highest BCUT2D eigenvalue weighted by Gasteiger charge is 2.49. The molecule has 0 radical (unpaired) electrons. The molecule has 152 valence electrons. The van der Waals surface area contributed by atoms with Gasteiger partial charge in [0.25, 0.3) is 11.8 Å². The molecule has 2 bridgehead atoms. The molecule has 5 rings (SSSR count). The number of benzene rings is 1. The van der Waals surface area contributed by atoms with E-state index in [1.165, 1.54) is 6.42 Å². The van der Waals surface area contributed by atoms with Crippen LogP contribution in [0, 0.1) is 5.92 Å². The van der Waals surface area contributed by atoms with Crippen LogP contribution in [0.3, 0.4) is 0 Å². The Balaban J connectivity index is 1.32. The molecule has 4 aliphatic rings. The van der Waals surface area contributed by atoms with Crippen molar-refractivity contribution in [2.45, 2.75) is 62.7 Å². The van der Waals surface area contributed by atoms with Gasteiger partial charge in [-0.25, -0.2) is 0 Å². The SMILES string of the molecule is NC12CCC(CC1NCc1ccc3c(c1)C(=O)N(C1CCC(=O)NC1=O)C3=O)C2. The highest BCUT2D eigenvalue weighted by molar-refractivity contribution is 6.23. The highest BCUT2D eigenvalue weighted by Crippen LogP contribution is 2.46. The number of nitrogens with one attached hydrogen (secondary N) is 2. The van der Waals surface area contributed by atoms with Crippen molar-refractivity contribution in [3.8, 4) is 0 Å². The summed E-state index contributed by atoms with van der Waals surface area (Å²) in [6, 6.07) is 4.54. The number of imide groups is 2. The lowest BCUT2D eigenvalue weighted by atomic mass is 9.89. The number of hydrogen-bond donors (Lipinski definition) is 3. The lowest BCUT2D eigenvalue weighted by molar-refractivity contribution is -0.136. The van der Waals surface area contributed by atoms with Crippen LogP contribution in [0.1, 0.15) is 64.8 Å². The van der Waals surface area contributed by atoms with Crippen molar-refractivity contribution in [3.05, 3.63) is 34.9 Å². The third kappa shape index (κ3) is 2.89. The molecule has 4 unspecified atom stereocenters. The molecule has 4 atom stereocenters. The lowest BCUT2D eigenvalue weighted by Crippen LogP contribution is -2.54. The van der Waals surface area contributed by atoms with Crippen LogP contribution in [0.25, 0.3) is 0 Å². The van der Waals surface area contributed by atoms with Gasteiger partial charge in [-0.2, -0.15) is 0 Å². The zero-order valence-corrected chi connectivity index (χ0v) is 16.1. The number of nitrogens with two attached hydrogens (primary N) is 1. The molecule has 1 aromatic rings. The first-order valence-electron chi connectivity index (χ1n) is 10.2. The van der Waals surface area contributed by atoms with Crippen molar-refractivity contribution in [1.82, 2.24) is 15.5 Å². The second-order valence-corrected chi connectivity index (χ2v) is 8.84. The van der Waals surface area contributed by atoms with E-state index < -0.39 is 23.8 Å². The van der Waals surface area contributed by atoms with E-state index in [9.17, 15) is 19.2 Å².